The van der Waals surface area contributed by atoms with Gasteiger partial charge in [-0.3, -0.25) is 0 Å². The quantitative estimate of drug-likeness (QED) is 0.859. The van der Waals surface area contributed by atoms with Gasteiger partial charge in [0.2, 0.25) is 10.0 Å². The molecule has 0 saturated carbocycles. The van der Waals surface area contributed by atoms with Crippen molar-refractivity contribution in [2.75, 3.05) is 20.2 Å². The maximum absolute atomic E-state index is 12.6. The Hall–Kier alpha value is -1.35. The lowest BCUT2D eigenvalue weighted by Gasteiger charge is -2.20. The molecule has 5 heteroatoms. The summed E-state index contributed by atoms with van der Waals surface area (Å²) in [7, 11) is -1.99. The fourth-order valence-electron chi connectivity index (χ4n) is 1.88. The van der Waals surface area contributed by atoms with E-state index in [1.807, 2.05) is 20.8 Å². The average molecular weight is 295 g/mol. The van der Waals surface area contributed by atoms with Crippen molar-refractivity contribution in [3.8, 4) is 11.8 Å². The summed E-state index contributed by atoms with van der Waals surface area (Å²) in [5, 5.41) is 8.79. The molecule has 0 bridgehead atoms. The van der Waals surface area contributed by atoms with Gasteiger partial charge in [0.25, 0.3) is 0 Å². The Morgan fingerprint density at radius 3 is 2.55 bits per heavy atom. The SMILES string of the molecule is Cc1ccc(S(=O)(=O)N(C)CC(C)C)c(C#CCO)c1. The molecule has 0 saturated heterocycles. The first-order valence-corrected chi connectivity index (χ1v) is 7.89. The van der Waals surface area contributed by atoms with E-state index in [4.69, 9.17) is 5.11 Å². The molecule has 0 heterocycles. The molecule has 4 nitrogen and oxygen atoms in total. The summed E-state index contributed by atoms with van der Waals surface area (Å²) in [6, 6.07) is 5.04. The number of aliphatic hydroxyl groups is 1. The monoisotopic (exact) mass is 295 g/mol. The van der Waals surface area contributed by atoms with Crippen LogP contribution in [0.2, 0.25) is 0 Å². The van der Waals surface area contributed by atoms with E-state index in [0.717, 1.165) is 5.56 Å². The highest BCUT2D eigenvalue weighted by atomic mass is 32.2. The Morgan fingerprint density at radius 1 is 1.35 bits per heavy atom. The molecule has 1 N–H and O–H groups in total. The van der Waals surface area contributed by atoms with Gasteiger partial charge in [-0.05, 0) is 30.5 Å². The molecule has 0 unspecified atom stereocenters. The molecule has 0 aromatic heterocycles. The van der Waals surface area contributed by atoms with Crippen molar-refractivity contribution < 1.29 is 13.5 Å². The van der Waals surface area contributed by atoms with Gasteiger partial charge in [-0.15, -0.1) is 0 Å². The van der Waals surface area contributed by atoms with Crippen molar-refractivity contribution in [3.05, 3.63) is 29.3 Å². The number of nitrogens with zero attached hydrogens (tertiary/aromatic N) is 1. The van der Waals surface area contributed by atoms with Gasteiger partial charge in [-0.25, -0.2) is 12.7 Å². The molecule has 0 aliphatic carbocycles. The van der Waals surface area contributed by atoms with Crippen LogP contribution in [-0.4, -0.2) is 38.0 Å². The molecule has 0 atom stereocenters. The van der Waals surface area contributed by atoms with E-state index in [1.165, 1.54) is 4.31 Å². The fourth-order valence-corrected chi connectivity index (χ4v) is 3.34. The van der Waals surface area contributed by atoms with Gasteiger partial charge in [-0.1, -0.05) is 31.8 Å². The fraction of sp³-hybridized carbons (Fsp3) is 0.467. The number of aliphatic hydroxyl groups excluding tert-OH is 1. The Balaban J connectivity index is 3.31. The van der Waals surface area contributed by atoms with E-state index in [0.29, 0.717) is 12.1 Å². The van der Waals surface area contributed by atoms with Crippen LogP contribution in [0.25, 0.3) is 0 Å². The number of hydrogen-bond donors (Lipinski definition) is 1. The van der Waals surface area contributed by atoms with Gasteiger partial charge in [0, 0.05) is 19.2 Å². The van der Waals surface area contributed by atoms with Crippen molar-refractivity contribution in [3.63, 3.8) is 0 Å². The second-order valence-corrected chi connectivity index (χ2v) is 7.15. The number of rotatable bonds is 4. The van der Waals surface area contributed by atoms with Crippen LogP contribution >= 0.6 is 0 Å². The topological polar surface area (TPSA) is 57.6 Å². The highest BCUT2D eigenvalue weighted by molar-refractivity contribution is 7.89. The van der Waals surface area contributed by atoms with Gasteiger partial charge in [-0.2, -0.15) is 0 Å². The highest BCUT2D eigenvalue weighted by Crippen LogP contribution is 2.21. The van der Waals surface area contributed by atoms with Gasteiger partial charge in [0.15, 0.2) is 0 Å². The predicted octanol–water partition coefficient (Wildman–Crippen LogP) is 1.62. The summed E-state index contributed by atoms with van der Waals surface area (Å²) in [5.74, 6) is 5.46. The second-order valence-electron chi connectivity index (χ2n) is 5.14. The zero-order chi connectivity index (χ0) is 15.3. The van der Waals surface area contributed by atoms with E-state index >= 15 is 0 Å². The first-order valence-electron chi connectivity index (χ1n) is 6.45. The first-order chi connectivity index (χ1) is 9.28. The molecular formula is C15H21NO3S. The van der Waals surface area contributed by atoms with Crippen LogP contribution in [-0.2, 0) is 10.0 Å². The average Bonchev–Trinajstić information content (AvgIpc) is 2.35. The summed E-state index contributed by atoms with van der Waals surface area (Å²) < 4.78 is 26.5. The van der Waals surface area contributed by atoms with Gasteiger partial charge in [0.1, 0.15) is 6.61 Å². The van der Waals surface area contributed by atoms with Crippen molar-refractivity contribution >= 4 is 10.0 Å². The zero-order valence-electron chi connectivity index (χ0n) is 12.3. The Labute approximate surface area is 121 Å². The van der Waals surface area contributed by atoms with Crippen LogP contribution in [0.5, 0.6) is 0 Å². The number of aryl methyl sites for hydroxylation is 1. The summed E-state index contributed by atoms with van der Waals surface area (Å²) >= 11 is 0. The summed E-state index contributed by atoms with van der Waals surface area (Å²) in [6.07, 6.45) is 0. The molecule has 110 valence electrons. The molecule has 0 spiro atoms. The molecule has 1 rings (SSSR count). The zero-order valence-corrected chi connectivity index (χ0v) is 13.2. The Kier molecular flexibility index (Phi) is 5.75. The summed E-state index contributed by atoms with van der Waals surface area (Å²) in [4.78, 5) is 0.187. The normalized spacial score (nSPS) is 11.6. The van der Waals surface area contributed by atoms with E-state index < -0.39 is 10.0 Å². The minimum Gasteiger partial charge on any atom is -0.384 e. The molecule has 1 aromatic carbocycles. The molecule has 0 amide bonds. The van der Waals surface area contributed by atoms with Crippen LogP contribution < -0.4 is 0 Å². The molecule has 0 aliphatic heterocycles. The first kappa shape index (κ1) is 16.7. The lowest BCUT2D eigenvalue weighted by molar-refractivity contribution is 0.350. The van der Waals surface area contributed by atoms with Crippen LogP contribution in [0, 0.1) is 24.7 Å². The summed E-state index contributed by atoms with van der Waals surface area (Å²) in [5.41, 5.74) is 1.35. The highest BCUT2D eigenvalue weighted by Gasteiger charge is 2.24. The molecule has 0 fully saturated rings. The lowest BCUT2D eigenvalue weighted by Crippen LogP contribution is -2.31. The standard InChI is InChI=1S/C15H21NO3S/c1-12(2)11-16(4)20(18,19)15-8-7-13(3)10-14(15)6-5-9-17/h7-8,10,12,17H,9,11H2,1-4H3. The third-order valence-corrected chi connectivity index (χ3v) is 4.63. The van der Waals surface area contributed by atoms with E-state index in [9.17, 15) is 8.42 Å². The smallest absolute Gasteiger partial charge is 0.244 e. The minimum atomic E-state index is -3.56. The predicted molar refractivity (Wildman–Crippen MR) is 79.8 cm³/mol. The molecule has 0 aliphatic rings. The summed E-state index contributed by atoms with van der Waals surface area (Å²) in [6.45, 7) is 5.96. The van der Waals surface area contributed by atoms with Crippen molar-refractivity contribution in [2.24, 2.45) is 5.92 Å². The van der Waals surface area contributed by atoms with Crippen molar-refractivity contribution in [1.82, 2.24) is 4.31 Å². The molecule has 20 heavy (non-hydrogen) atoms. The third-order valence-electron chi connectivity index (χ3n) is 2.75. The minimum absolute atomic E-state index is 0.187. The van der Waals surface area contributed by atoms with Gasteiger partial charge in [0.05, 0.1) is 4.90 Å². The van der Waals surface area contributed by atoms with Crippen LogP contribution in [0.1, 0.15) is 25.0 Å². The largest absolute Gasteiger partial charge is 0.384 e. The van der Waals surface area contributed by atoms with Crippen LogP contribution in [0.4, 0.5) is 0 Å². The van der Waals surface area contributed by atoms with Gasteiger partial charge >= 0.3 is 0 Å². The third kappa shape index (κ3) is 4.07. The van der Waals surface area contributed by atoms with E-state index in [2.05, 4.69) is 11.8 Å². The molecule has 1 aromatic rings. The van der Waals surface area contributed by atoms with Gasteiger partial charge < -0.3 is 5.11 Å². The van der Waals surface area contributed by atoms with Crippen LogP contribution in [0.3, 0.4) is 0 Å². The number of sulfonamides is 1. The molecule has 0 radical (unpaired) electrons. The Morgan fingerprint density at radius 2 is 2.00 bits per heavy atom. The maximum atomic E-state index is 12.6. The maximum Gasteiger partial charge on any atom is 0.244 e. The second kappa shape index (κ2) is 6.89. The lowest BCUT2D eigenvalue weighted by atomic mass is 10.1. The van der Waals surface area contributed by atoms with Crippen molar-refractivity contribution in [2.45, 2.75) is 25.7 Å². The molecular weight excluding hydrogens is 274 g/mol. The van der Waals surface area contributed by atoms with E-state index in [-0.39, 0.29) is 17.4 Å². The Bertz CT molecular complexity index is 624. The van der Waals surface area contributed by atoms with Crippen molar-refractivity contribution in [1.29, 1.82) is 0 Å². The number of benzene rings is 1. The van der Waals surface area contributed by atoms with E-state index in [1.54, 1.807) is 25.2 Å². The number of hydrogen-bond acceptors (Lipinski definition) is 3. The van der Waals surface area contributed by atoms with Crippen LogP contribution in [0.15, 0.2) is 23.1 Å².